The molecule has 226 valence electrons. The van der Waals surface area contributed by atoms with Crippen molar-refractivity contribution in [2.75, 3.05) is 41.4 Å². The molecule has 0 aromatic heterocycles. The topological polar surface area (TPSA) is 83.9 Å². The fraction of sp³-hybridized carbons (Fsp3) is 0.333. The van der Waals surface area contributed by atoms with Gasteiger partial charge in [0.15, 0.2) is 23.0 Å². The zero-order valence-electron chi connectivity index (χ0n) is 25.4. The van der Waals surface area contributed by atoms with Gasteiger partial charge in [-0.3, -0.25) is 9.80 Å². The van der Waals surface area contributed by atoms with Crippen molar-refractivity contribution < 1.29 is 29.2 Å². The van der Waals surface area contributed by atoms with Crippen LogP contribution in [-0.4, -0.2) is 61.4 Å². The molecule has 4 aliphatic heterocycles. The van der Waals surface area contributed by atoms with E-state index < -0.39 is 0 Å². The first kappa shape index (κ1) is 27.2. The Balaban J connectivity index is 1.41. The van der Waals surface area contributed by atoms with Crippen LogP contribution in [0.25, 0.3) is 11.1 Å². The van der Waals surface area contributed by atoms with Gasteiger partial charge in [-0.05, 0) is 98.4 Å². The number of rotatable bonds is 2. The van der Waals surface area contributed by atoms with E-state index in [1.165, 1.54) is 11.1 Å². The Morgan fingerprint density at radius 2 is 1.43 bits per heavy atom. The number of benzene rings is 4. The van der Waals surface area contributed by atoms with Gasteiger partial charge in [-0.25, -0.2) is 0 Å². The van der Waals surface area contributed by atoms with Crippen molar-refractivity contribution in [3.05, 3.63) is 81.9 Å². The zero-order valence-corrected chi connectivity index (χ0v) is 25.4. The third kappa shape index (κ3) is 4.04. The summed E-state index contributed by atoms with van der Waals surface area (Å²) < 4.78 is 25.0. The van der Waals surface area contributed by atoms with Crippen LogP contribution in [0.1, 0.15) is 45.5 Å². The maximum atomic E-state index is 11.5. The average Bonchev–Trinajstić information content (AvgIpc) is 3.02. The van der Waals surface area contributed by atoms with Crippen LogP contribution in [0, 0.1) is 0 Å². The Morgan fingerprint density at radius 3 is 2.23 bits per heavy atom. The van der Waals surface area contributed by atoms with Crippen molar-refractivity contribution in [2.45, 2.75) is 37.8 Å². The van der Waals surface area contributed by atoms with E-state index in [1.807, 2.05) is 12.1 Å². The highest BCUT2D eigenvalue weighted by molar-refractivity contribution is 5.77. The highest BCUT2D eigenvalue weighted by atomic mass is 16.6. The molecular weight excluding hydrogens is 556 g/mol. The number of likely N-dealkylation sites (N-methyl/N-ethyl adjacent to an activating group) is 2. The minimum atomic E-state index is -0.111. The second kappa shape index (κ2) is 10.1. The zero-order chi connectivity index (χ0) is 30.3. The van der Waals surface area contributed by atoms with E-state index in [2.05, 4.69) is 54.2 Å². The molecule has 0 radical (unpaired) electrons. The molecule has 2 N–H and O–H groups in total. The average molecular weight is 593 g/mol. The highest BCUT2D eigenvalue weighted by Crippen LogP contribution is 2.60. The first-order chi connectivity index (χ1) is 21.3. The van der Waals surface area contributed by atoms with Crippen molar-refractivity contribution in [1.82, 2.24) is 9.80 Å². The third-order valence-electron chi connectivity index (χ3n) is 9.99. The molecule has 7 bridgehead atoms. The van der Waals surface area contributed by atoms with Crippen LogP contribution in [0.2, 0.25) is 0 Å². The summed E-state index contributed by atoms with van der Waals surface area (Å²) in [5.74, 6) is 3.65. The molecule has 4 aliphatic rings. The largest absolute Gasteiger partial charge is 0.507 e. The summed E-state index contributed by atoms with van der Waals surface area (Å²) in [7, 11) is 7.49. The number of phenols is 2. The number of ether oxygens (including phenoxy) is 4. The Hall–Kier alpha value is -4.40. The second-order valence-corrected chi connectivity index (χ2v) is 12.4. The maximum absolute atomic E-state index is 11.5. The van der Waals surface area contributed by atoms with Crippen LogP contribution < -0.4 is 18.9 Å². The van der Waals surface area contributed by atoms with Crippen LogP contribution in [0.5, 0.6) is 46.0 Å². The minimum absolute atomic E-state index is 0.106. The number of phenolic OH excluding ortho intramolecular Hbond substituents is 2. The predicted octanol–water partition coefficient (Wildman–Crippen LogP) is 6.54. The van der Waals surface area contributed by atoms with Crippen LogP contribution in [0.3, 0.4) is 0 Å². The molecule has 0 unspecified atom stereocenters. The molecule has 0 spiro atoms. The summed E-state index contributed by atoms with van der Waals surface area (Å²) in [6, 6.07) is 16.3. The van der Waals surface area contributed by atoms with Crippen molar-refractivity contribution in [3.63, 3.8) is 0 Å². The Labute approximate surface area is 257 Å². The lowest BCUT2D eigenvalue weighted by molar-refractivity contribution is 0.214. The van der Waals surface area contributed by atoms with Gasteiger partial charge in [-0.1, -0.05) is 12.1 Å². The van der Waals surface area contributed by atoms with Gasteiger partial charge in [0.2, 0.25) is 11.5 Å². The van der Waals surface area contributed by atoms with Crippen LogP contribution in [0.4, 0.5) is 0 Å². The lowest BCUT2D eigenvalue weighted by atomic mass is 9.85. The Morgan fingerprint density at radius 1 is 0.750 bits per heavy atom. The molecule has 4 heterocycles. The molecule has 8 heteroatoms. The SMILES string of the molecule is COc1ccc2cc1-c1cc(ccc1O)C[C@@H]1c3cc4c(cc3CCN1C)Oc1c(OC)c(O)c3c(c1O4)[C@H](C2)N(C)CC3. The standard InChI is InChI=1S/C36H36N2O6/c1-37-11-9-21-17-30-31-18-23(21)26(37)15-19-5-7-28(39)24(13-19)25-14-20(6-8-29(25)41-3)16-27-32-22(10-12-38(27)2)33(40)35(42-4)36(44-30)34(32)43-31/h5-8,13-14,17-18,26-27,39-40H,9-12,15-16H2,1-4H3/t26-,27+/m1/s1. The second-order valence-electron chi connectivity index (χ2n) is 12.4. The van der Waals surface area contributed by atoms with Gasteiger partial charge >= 0.3 is 0 Å². The molecule has 4 aromatic carbocycles. The first-order valence-electron chi connectivity index (χ1n) is 15.2. The van der Waals surface area contributed by atoms with Gasteiger partial charge in [-0.2, -0.15) is 0 Å². The molecule has 8 rings (SSSR count). The smallest absolute Gasteiger partial charge is 0.216 e. The van der Waals surface area contributed by atoms with E-state index >= 15 is 0 Å². The van der Waals surface area contributed by atoms with Crippen molar-refractivity contribution in [2.24, 2.45) is 0 Å². The lowest BCUT2D eigenvalue weighted by Gasteiger charge is -2.39. The monoisotopic (exact) mass is 592 g/mol. The Kier molecular flexibility index (Phi) is 6.22. The van der Waals surface area contributed by atoms with Gasteiger partial charge in [0.1, 0.15) is 11.5 Å². The van der Waals surface area contributed by atoms with E-state index in [0.717, 1.165) is 59.3 Å². The summed E-state index contributed by atoms with van der Waals surface area (Å²) >= 11 is 0. The number of hydrogen-bond donors (Lipinski definition) is 2. The fourth-order valence-corrected chi connectivity index (χ4v) is 7.59. The van der Waals surface area contributed by atoms with Crippen molar-refractivity contribution in [1.29, 1.82) is 0 Å². The highest BCUT2D eigenvalue weighted by Gasteiger charge is 2.39. The molecule has 0 amide bonds. The summed E-state index contributed by atoms with van der Waals surface area (Å²) in [6.07, 6.45) is 2.95. The summed E-state index contributed by atoms with van der Waals surface area (Å²) in [5, 5.41) is 22.7. The van der Waals surface area contributed by atoms with Gasteiger partial charge in [0.05, 0.1) is 14.2 Å². The maximum Gasteiger partial charge on any atom is 0.216 e. The number of aromatic hydroxyl groups is 2. The summed E-state index contributed by atoms with van der Waals surface area (Å²) in [5.41, 5.74) is 7.96. The van der Waals surface area contributed by atoms with Gasteiger partial charge in [0.25, 0.3) is 0 Å². The fourth-order valence-electron chi connectivity index (χ4n) is 7.59. The Bertz CT molecular complexity index is 1830. The molecule has 0 fully saturated rings. The van der Waals surface area contributed by atoms with Crippen molar-refractivity contribution >= 4 is 0 Å². The molecule has 4 aromatic rings. The molecular formula is C36H36N2O6. The van der Waals surface area contributed by atoms with E-state index in [9.17, 15) is 10.2 Å². The molecule has 44 heavy (non-hydrogen) atoms. The predicted molar refractivity (Wildman–Crippen MR) is 167 cm³/mol. The lowest BCUT2D eigenvalue weighted by Crippen LogP contribution is -2.34. The summed E-state index contributed by atoms with van der Waals surface area (Å²) in [4.78, 5) is 4.69. The summed E-state index contributed by atoms with van der Waals surface area (Å²) in [6.45, 7) is 1.66. The van der Waals surface area contributed by atoms with E-state index in [4.69, 9.17) is 18.9 Å². The molecule has 0 saturated carbocycles. The molecule has 0 saturated heterocycles. The minimum Gasteiger partial charge on any atom is -0.507 e. The number of nitrogens with zero attached hydrogens (tertiary/aromatic N) is 2. The van der Waals surface area contributed by atoms with Crippen LogP contribution in [-0.2, 0) is 25.7 Å². The van der Waals surface area contributed by atoms with E-state index in [-0.39, 0.29) is 23.6 Å². The number of hydrogen-bond acceptors (Lipinski definition) is 8. The van der Waals surface area contributed by atoms with E-state index in [1.54, 1.807) is 20.3 Å². The molecule has 2 atom stereocenters. The number of fused-ring (bicyclic) bond motifs is 5. The van der Waals surface area contributed by atoms with Crippen molar-refractivity contribution in [3.8, 4) is 57.1 Å². The molecule has 8 nitrogen and oxygen atoms in total. The number of methoxy groups -OCH3 is 2. The molecule has 0 aliphatic carbocycles. The van der Waals surface area contributed by atoms with Crippen LogP contribution in [0.15, 0.2) is 48.5 Å². The third-order valence-corrected chi connectivity index (χ3v) is 9.99. The van der Waals surface area contributed by atoms with Gasteiger partial charge in [-0.15, -0.1) is 0 Å². The first-order valence-corrected chi connectivity index (χ1v) is 15.2. The van der Waals surface area contributed by atoms with Crippen LogP contribution >= 0.6 is 0 Å². The quantitative estimate of drug-likeness (QED) is 0.239. The van der Waals surface area contributed by atoms with Gasteiger partial charge in [0, 0.05) is 47.4 Å². The van der Waals surface area contributed by atoms with Gasteiger partial charge < -0.3 is 29.2 Å². The van der Waals surface area contributed by atoms with E-state index in [0.29, 0.717) is 47.3 Å². The normalized spacial score (nSPS) is 20.1.